The third kappa shape index (κ3) is 15.6. The fourth-order valence-electron chi connectivity index (χ4n) is 6.17. The number of carboxylic acid groups (broad SMARTS) is 1. The van der Waals surface area contributed by atoms with E-state index in [2.05, 4.69) is 127 Å². The van der Waals surface area contributed by atoms with Gasteiger partial charge in [0, 0.05) is 17.5 Å². The minimum absolute atomic E-state index is 0.00940. The van der Waals surface area contributed by atoms with Gasteiger partial charge in [-0.1, -0.05) is 108 Å². The number of allylic oxidation sites excluding steroid dienone is 1. The Morgan fingerprint density at radius 1 is 0.842 bits per heavy atom. The largest absolute Gasteiger partial charge is 0.481 e. The molecule has 328 valence electrons. The molecule has 0 amide bonds. The number of nitrogens with zero attached hydrogens (tertiary/aromatic N) is 1. The summed E-state index contributed by atoms with van der Waals surface area (Å²) in [4.78, 5) is 31.4. The van der Waals surface area contributed by atoms with Crippen molar-refractivity contribution < 1.29 is 32.4 Å². The summed E-state index contributed by atoms with van der Waals surface area (Å²) < 4.78 is 36.5. The first-order chi connectivity index (χ1) is 25.6. The first-order valence-electron chi connectivity index (χ1n) is 21.3. The lowest BCUT2D eigenvalue weighted by atomic mass is 9.71. The van der Waals surface area contributed by atoms with Crippen molar-refractivity contribution in [3.63, 3.8) is 0 Å². The van der Waals surface area contributed by atoms with E-state index < -0.39 is 54.5 Å². The van der Waals surface area contributed by atoms with Crippen LogP contribution >= 0.6 is 0 Å². The van der Waals surface area contributed by atoms with Crippen molar-refractivity contribution in [1.29, 1.82) is 0 Å². The van der Waals surface area contributed by atoms with Gasteiger partial charge < -0.3 is 18.4 Å². The van der Waals surface area contributed by atoms with Crippen LogP contribution in [0.15, 0.2) is 41.9 Å². The van der Waals surface area contributed by atoms with Crippen LogP contribution in [0.1, 0.15) is 141 Å². The highest BCUT2D eigenvalue weighted by Crippen LogP contribution is 2.45. The molecular formula is C46H84FNO6Si3. The Morgan fingerprint density at radius 2 is 1.35 bits per heavy atom. The summed E-state index contributed by atoms with van der Waals surface area (Å²) in [5.74, 6) is -1.65. The van der Waals surface area contributed by atoms with Crippen LogP contribution < -0.4 is 0 Å². The van der Waals surface area contributed by atoms with Crippen molar-refractivity contribution in [2.45, 2.75) is 208 Å². The molecule has 1 heterocycles. The van der Waals surface area contributed by atoms with Crippen LogP contribution in [0.4, 0.5) is 4.39 Å². The Bertz CT molecular complexity index is 1500. The van der Waals surface area contributed by atoms with E-state index in [4.69, 9.17) is 13.3 Å². The number of aliphatic carboxylic acids is 1. The zero-order valence-electron chi connectivity index (χ0n) is 39.9. The van der Waals surface area contributed by atoms with Gasteiger partial charge in [0.05, 0.1) is 24.3 Å². The maximum Gasteiger partial charge on any atom is 0.305 e. The number of halogens is 1. The molecule has 57 heavy (non-hydrogen) atoms. The average Bonchev–Trinajstić information content (AvgIpc) is 3.04. The van der Waals surface area contributed by atoms with Crippen LogP contribution in [0.5, 0.6) is 0 Å². The molecule has 0 spiro atoms. The van der Waals surface area contributed by atoms with Crippen LogP contribution in [-0.2, 0) is 22.9 Å². The normalized spacial score (nSPS) is 17.2. The van der Waals surface area contributed by atoms with E-state index in [-0.39, 0.29) is 45.2 Å². The molecule has 1 rings (SSSR count). The second kappa shape index (κ2) is 20.7. The fourth-order valence-corrected chi connectivity index (χ4v) is 10.3. The van der Waals surface area contributed by atoms with E-state index in [0.29, 0.717) is 18.5 Å². The van der Waals surface area contributed by atoms with E-state index >= 15 is 4.39 Å². The van der Waals surface area contributed by atoms with Gasteiger partial charge in [0.2, 0.25) is 0 Å². The fraction of sp³-hybridized carbons (Fsp3) is 0.761. The molecule has 0 aliphatic heterocycles. The molecule has 0 fully saturated rings. The van der Waals surface area contributed by atoms with Gasteiger partial charge in [-0.05, 0) is 118 Å². The molecule has 0 aliphatic rings. The highest BCUT2D eigenvalue weighted by molar-refractivity contribution is 6.75. The number of rotatable bonds is 22. The summed E-state index contributed by atoms with van der Waals surface area (Å²) in [7, 11) is -7.02. The SMILES string of the molecule is CC[C@@H](C(=O)C(C)(C)[C@H](CC(=O)O)O[Si](C)(C)C(C)(C)C)[C@@H](O[Si](C)(C)C(C)(C)C)[C@@H](C)CCC/C(C)=C\C[C@H](O[Si](C)(C)C(C)(C)C)/C(F)=C\c1ccccn1. The first-order valence-corrected chi connectivity index (χ1v) is 30.1. The minimum atomic E-state index is -2.41. The monoisotopic (exact) mass is 850 g/mol. The number of aromatic nitrogens is 1. The van der Waals surface area contributed by atoms with Crippen molar-refractivity contribution in [2.75, 3.05) is 0 Å². The molecule has 5 atom stereocenters. The molecule has 7 nitrogen and oxygen atoms in total. The number of pyridine rings is 1. The predicted octanol–water partition coefficient (Wildman–Crippen LogP) is 13.8. The molecule has 1 N–H and O–H groups in total. The van der Waals surface area contributed by atoms with Crippen molar-refractivity contribution in [1.82, 2.24) is 4.98 Å². The van der Waals surface area contributed by atoms with E-state index in [9.17, 15) is 14.7 Å². The van der Waals surface area contributed by atoms with E-state index in [1.54, 1.807) is 12.3 Å². The summed E-state index contributed by atoms with van der Waals surface area (Å²) in [6.45, 7) is 42.6. The van der Waals surface area contributed by atoms with Gasteiger partial charge in [-0.3, -0.25) is 14.6 Å². The Hall–Kier alpha value is -1.77. The van der Waals surface area contributed by atoms with Gasteiger partial charge in [-0.25, -0.2) is 4.39 Å². The smallest absolute Gasteiger partial charge is 0.305 e. The Kier molecular flexibility index (Phi) is 19.3. The van der Waals surface area contributed by atoms with Gasteiger partial charge in [0.15, 0.2) is 25.0 Å². The van der Waals surface area contributed by atoms with Crippen LogP contribution in [0, 0.1) is 17.3 Å². The van der Waals surface area contributed by atoms with E-state index in [0.717, 1.165) is 19.3 Å². The maximum absolute atomic E-state index is 15.9. The molecule has 0 radical (unpaired) electrons. The van der Waals surface area contributed by atoms with Crippen LogP contribution in [-0.4, -0.2) is 65.1 Å². The van der Waals surface area contributed by atoms with Crippen LogP contribution in [0.3, 0.4) is 0 Å². The number of ketones is 1. The molecule has 0 saturated carbocycles. The average molecular weight is 850 g/mol. The van der Waals surface area contributed by atoms with Crippen LogP contribution in [0.2, 0.25) is 54.4 Å². The minimum Gasteiger partial charge on any atom is -0.481 e. The summed E-state index contributed by atoms with van der Waals surface area (Å²) in [6.07, 6.45) is 6.79. The van der Waals surface area contributed by atoms with Crippen molar-refractivity contribution in [2.24, 2.45) is 17.3 Å². The molecule has 1 aromatic heterocycles. The quantitative estimate of drug-likeness (QED) is 0.0917. The highest BCUT2D eigenvalue weighted by Gasteiger charge is 2.50. The zero-order chi connectivity index (χ0) is 44.6. The lowest BCUT2D eigenvalue weighted by molar-refractivity contribution is -0.147. The second-order valence-corrected chi connectivity index (χ2v) is 36.0. The summed E-state index contributed by atoms with van der Waals surface area (Å²) >= 11 is 0. The van der Waals surface area contributed by atoms with Crippen molar-refractivity contribution in [3.8, 4) is 0 Å². The van der Waals surface area contributed by atoms with Gasteiger partial charge in [-0.2, -0.15) is 0 Å². The number of carboxylic acids is 1. The number of Topliss-reactive ketones (excluding diaryl/α,β-unsaturated/α-hetero) is 1. The summed E-state index contributed by atoms with van der Waals surface area (Å²) in [5, 5.41) is 9.73. The number of carbonyl (C=O) groups is 2. The third-order valence-electron chi connectivity index (χ3n) is 13.4. The molecule has 0 saturated heterocycles. The number of carbonyl (C=O) groups excluding carboxylic acids is 1. The number of hydrogen-bond donors (Lipinski definition) is 1. The second-order valence-electron chi connectivity index (χ2n) is 21.7. The highest BCUT2D eigenvalue weighted by atomic mass is 28.4. The lowest BCUT2D eigenvalue weighted by Crippen LogP contribution is -2.54. The Morgan fingerprint density at radius 3 is 1.81 bits per heavy atom. The molecule has 1 aromatic rings. The zero-order valence-corrected chi connectivity index (χ0v) is 42.9. The maximum atomic E-state index is 15.9. The Balaban J connectivity index is 3.44. The molecular weight excluding hydrogens is 766 g/mol. The molecule has 0 aromatic carbocycles. The predicted molar refractivity (Wildman–Crippen MR) is 246 cm³/mol. The summed E-state index contributed by atoms with van der Waals surface area (Å²) in [5.41, 5.74) is 0.685. The van der Waals surface area contributed by atoms with Gasteiger partial charge in [0.1, 0.15) is 17.7 Å². The molecule has 0 unspecified atom stereocenters. The molecule has 0 bridgehead atoms. The first kappa shape index (κ1) is 53.2. The van der Waals surface area contributed by atoms with Crippen LogP contribution in [0.25, 0.3) is 6.08 Å². The Labute approximate surface area is 351 Å². The standard InChI is InChI=1S/C46H84FNO6Si3/c1-21-36(42(51)46(13,14)39(32-40(49)50)53-56(17,18)44(7,8)9)41(54-57(19,20)45(10,11)12)34(3)26-24-25-33(2)28-29-38(52-55(15,16)43(4,5)6)37(47)31-35-27-22-23-30-48-35/h22-23,27-28,30-31,34,36,38-39,41H,21,24-26,29,32H2,1-20H3,(H,49,50)/b33-28-,37-31+/t34-,36+,38-,39-,41-/m0/s1. The molecule has 11 heteroatoms. The van der Waals surface area contributed by atoms with Gasteiger partial charge >= 0.3 is 5.97 Å². The third-order valence-corrected chi connectivity index (χ3v) is 26.9. The van der Waals surface area contributed by atoms with Crippen molar-refractivity contribution in [3.05, 3.63) is 47.6 Å². The topological polar surface area (TPSA) is 95.0 Å². The van der Waals surface area contributed by atoms with E-state index in [1.165, 1.54) is 11.6 Å². The van der Waals surface area contributed by atoms with Gasteiger partial charge in [0.25, 0.3) is 0 Å². The summed E-state index contributed by atoms with van der Waals surface area (Å²) in [6, 6.07) is 5.46. The van der Waals surface area contributed by atoms with Gasteiger partial charge in [-0.15, -0.1) is 0 Å². The molecule has 0 aliphatic carbocycles. The van der Waals surface area contributed by atoms with E-state index in [1.807, 2.05) is 32.9 Å². The number of hydrogen-bond acceptors (Lipinski definition) is 6. The van der Waals surface area contributed by atoms with Crippen molar-refractivity contribution >= 4 is 42.8 Å². The lowest BCUT2D eigenvalue weighted by Gasteiger charge is -2.47.